The highest BCUT2D eigenvalue weighted by Gasteiger charge is 2.55. The van der Waals surface area contributed by atoms with Gasteiger partial charge in [0.15, 0.2) is 0 Å². The van der Waals surface area contributed by atoms with Gasteiger partial charge in [-0.05, 0) is 49.4 Å². The molecule has 1 saturated carbocycles. The van der Waals surface area contributed by atoms with Crippen LogP contribution in [0.2, 0.25) is 0 Å². The highest BCUT2D eigenvalue weighted by atomic mass is 19.4. The average molecular weight is 580 g/mol. The number of anilines is 1. The van der Waals surface area contributed by atoms with Crippen molar-refractivity contribution in [2.24, 2.45) is 11.1 Å². The molecule has 41 heavy (non-hydrogen) atoms. The Kier molecular flexibility index (Phi) is 6.55. The van der Waals surface area contributed by atoms with E-state index < -0.39 is 35.9 Å². The Morgan fingerprint density at radius 3 is 2.22 bits per heavy atom. The number of primary amides is 1. The molecule has 4 N–H and O–H groups in total. The molecule has 5 rings (SSSR count). The molecule has 2 amide bonds. The number of benzene rings is 1. The number of hydrogen-bond donors (Lipinski definition) is 2. The van der Waals surface area contributed by atoms with Crippen LogP contribution in [0.25, 0.3) is 11.3 Å². The lowest BCUT2D eigenvalue weighted by Gasteiger charge is -2.58. The number of nitrogen functional groups attached to an aromatic ring is 1. The van der Waals surface area contributed by atoms with Crippen molar-refractivity contribution in [3.05, 3.63) is 52.8 Å². The van der Waals surface area contributed by atoms with Gasteiger partial charge in [0.2, 0.25) is 0 Å². The van der Waals surface area contributed by atoms with E-state index >= 15 is 0 Å². The third-order valence-electron chi connectivity index (χ3n) is 7.35. The van der Waals surface area contributed by atoms with Crippen LogP contribution in [-0.4, -0.2) is 49.4 Å². The molecule has 2 fully saturated rings. The van der Waals surface area contributed by atoms with Crippen LogP contribution in [0, 0.1) is 17.3 Å². The maximum atomic E-state index is 13.2. The number of hydrogen-bond acceptors (Lipinski definition) is 5. The number of amides is 2. The number of halogens is 6. The van der Waals surface area contributed by atoms with Crippen LogP contribution in [0.3, 0.4) is 0 Å². The van der Waals surface area contributed by atoms with E-state index in [1.54, 1.807) is 11.8 Å². The first-order chi connectivity index (χ1) is 19.1. The van der Waals surface area contributed by atoms with E-state index in [0.29, 0.717) is 38.1 Å². The summed E-state index contributed by atoms with van der Waals surface area (Å²) >= 11 is 0. The summed E-state index contributed by atoms with van der Waals surface area (Å²) in [5, 5.41) is 8.52. The first kappa shape index (κ1) is 28.1. The fraction of sp³-hybridized carbons (Fsp3) is 0.385. The number of carbonyl (C=O) groups excluding carboxylic acids is 2. The summed E-state index contributed by atoms with van der Waals surface area (Å²) in [5.41, 5.74) is 8.83. The van der Waals surface area contributed by atoms with Crippen molar-refractivity contribution in [1.29, 1.82) is 0 Å². The number of nitrogens with two attached hydrogens (primary N) is 2. The van der Waals surface area contributed by atoms with Gasteiger partial charge < -0.3 is 16.4 Å². The zero-order valence-corrected chi connectivity index (χ0v) is 21.5. The van der Waals surface area contributed by atoms with Gasteiger partial charge in [-0.1, -0.05) is 5.92 Å². The van der Waals surface area contributed by atoms with Crippen LogP contribution in [-0.2, 0) is 23.7 Å². The average Bonchev–Trinajstić information content (AvgIpc) is 3.40. The minimum Gasteiger partial charge on any atom is -0.383 e. The molecule has 3 aromatic rings. The molecule has 3 heterocycles. The molecule has 0 bridgehead atoms. The van der Waals surface area contributed by atoms with Gasteiger partial charge >= 0.3 is 12.4 Å². The molecule has 15 heteroatoms. The van der Waals surface area contributed by atoms with Crippen LogP contribution in [0.15, 0.2) is 30.6 Å². The fourth-order valence-electron chi connectivity index (χ4n) is 5.50. The maximum Gasteiger partial charge on any atom is 0.416 e. The summed E-state index contributed by atoms with van der Waals surface area (Å²) < 4.78 is 82.1. The van der Waals surface area contributed by atoms with Crippen LogP contribution in [0.1, 0.15) is 52.9 Å². The molecular formula is C26H23F6N7O2. The van der Waals surface area contributed by atoms with E-state index in [0.717, 1.165) is 4.68 Å². The summed E-state index contributed by atoms with van der Waals surface area (Å²) in [5.74, 6) is 4.00. The van der Waals surface area contributed by atoms with E-state index in [1.807, 2.05) is 0 Å². The quantitative estimate of drug-likeness (QED) is 0.352. The van der Waals surface area contributed by atoms with Gasteiger partial charge in [-0.15, -0.1) is 0 Å². The molecule has 0 unspecified atom stereocenters. The van der Waals surface area contributed by atoms with Crippen LogP contribution in [0.5, 0.6) is 0 Å². The van der Waals surface area contributed by atoms with Gasteiger partial charge in [-0.25, -0.2) is 4.68 Å². The predicted octanol–water partition coefficient (Wildman–Crippen LogP) is 3.70. The molecular weight excluding hydrogens is 556 g/mol. The van der Waals surface area contributed by atoms with Crippen molar-refractivity contribution in [1.82, 2.24) is 24.5 Å². The Balaban J connectivity index is 1.38. The molecule has 1 aromatic carbocycles. The lowest BCUT2D eigenvalue weighted by atomic mass is 9.60. The topological polar surface area (TPSA) is 125 Å². The zero-order chi connectivity index (χ0) is 29.9. The first-order valence-electron chi connectivity index (χ1n) is 12.3. The fourth-order valence-corrected chi connectivity index (χ4v) is 5.50. The second kappa shape index (κ2) is 9.57. The van der Waals surface area contributed by atoms with Gasteiger partial charge in [0.25, 0.3) is 11.8 Å². The molecule has 1 aliphatic carbocycles. The lowest BCUT2D eigenvalue weighted by Crippen LogP contribution is -2.63. The third-order valence-corrected chi connectivity index (χ3v) is 7.35. The minimum absolute atomic E-state index is 0.0249. The van der Waals surface area contributed by atoms with Crippen molar-refractivity contribution in [2.75, 3.05) is 18.8 Å². The van der Waals surface area contributed by atoms with E-state index in [2.05, 4.69) is 22.0 Å². The number of alkyl halides is 6. The number of rotatable bonds is 5. The van der Waals surface area contributed by atoms with E-state index in [4.69, 9.17) is 11.5 Å². The minimum atomic E-state index is -4.98. The van der Waals surface area contributed by atoms with Crippen molar-refractivity contribution in [2.45, 2.75) is 44.7 Å². The number of aromatic nitrogens is 4. The largest absolute Gasteiger partial charge is 0.416 e. The molecule has 0 radical (unpaired) electrons. The van der Waals surface area contributed by atoms with Gasteiger partial charge in [0.1, 0.15) is 17.1 Å². The lowest BCUT2D eigenvalue weighted by molar-refractivity contribution is -0.148. The number of carbonyl (C=O) groups is 2. The van der Waals surface area contributed by atoms with Gasteiger partial charge in [0.05, 0.1) is 29.9 Å². The standard InChI is InChI=1S/C26H23F6N7O2/c1-2-3-19(40)37-12-24(13-37)7-18(8-24)39-22(33)20(23(34)41)21(36-39)15-9-35-38(11-15)10-14-4-16(25(27,28)29)6-17(5-14)26(30,31)32/h4-6,9,11,18H,7-8,10,12-13,33H2,1H3,(H2,34,41). The van der Waals surface area contributed by atoms with E-state index in [9.17, 15) is 35.9 Å². The van der Waals surface area contributed by atoms with E-state index in [-0.39, 0.29) is 51.6 Å². The second-order valence-corrected chi connectivity index (χ2v) is 10.4. The third kappa shape index (κ3) is 5.21. The summed E-state index contributed by atoms with van der Waals surface area (Å²) in [6, 6.07) is 1.12. The van der Waals surface area contributed by atoms with Crippen LogP contribution < -0.4 is 11.5 Å². The van der Waals surface area contributed by atoms with Crippen molar-refractivity contribution in [3.63, 3.8) is 0 Å². The van der Waals surface area contributed by atoms with Gasteiger partial charge in [-0.3, -0.25) is 14.3 Å². The van der Waals surface area contributed by atoms with Crippen molar-refractivity contribution in [3.8, 4) is 23.1 Å². The van der Waals surface area contributed by atoms with E-state index in [1.165, 1.54) is 17.1 Å². The van der Waals surface area contributed by atoms with Crippen LogP contribution in [0.4, 0.5) is 32.2 Å². The Bertz CT molecular complexity index is 1560. The Hall–Kier alpha value is -4.48. The van der Waals surface area contributed by atoms with Crippen LogP contribution >= 0.6 is 0 Å². The molecule has 1 spiro atoms. The second-order valence-electron chi connectivity index (χ2n) is 10.4. The molecule has 9 nitrogen and oxygen atoms in total. The van der Waals surface area contributed by atoms with Crippen molar-refractivity contribution < 1.29 is 35.9 Å². The molecule has 216 valence electrons. The molecule has 1 saturated heterocycles. The Morgan fingerprint density at radius 1 is 1.07 bits per heavy atom. The molecule has 2 aromatic heterocycles. The Labute approximate surface area is 229 Å². The van der Waals surface area contributed by atoms with Gasteiger partial charge in [0, 0.05) is 30.3 Å². The smallest absolute Gasteiger partial charge is 0.383 e. The maximum absolute atomic E-state index is 13.2. The SMILES string of the molecule is CC#CC(=O)N1CC2(CC(n3nc(-c4cnn(Cc5cc(C(F)(F)F)cc(C(F)(F)F)c5)c4)c(C(N)=O)c3N)C2)C1. The summed E-state index contributed by atoms with van der Waals surface area (Å²) in [6.45, 7) is 2.26. The zero-order valence-electron chi connectivity index (χ0n) is 21.5. The van der Waals surface area contributed by atoms with Crippen molar-refractivity contribution >= 4 is 17.6 Å². The Morgan fingerprint density at radius 2 is 1.68 bits per heavy atom. The summed E-state index contributed by atoms with van der Waals surface area (Å²) in [4.78, 5) is 25.9. The number of nitrogens with zero attached hydrogens (tertiary/aromatic N) is 5. The first-order valence-corrected chi connectivity index (χ1v) is 12.3. The molecule has 2 aliphatic rings. The highest BCUT2D eigenvalue weighted by Crippen LogP contribution is 2.55. The summed E-state index contributed by atoms with van der Waals surface area (Å²) in [6.07, 6.45) is -6.07. The predicted molar refractivity (Wildman–Crippen MR) is 133 cm³/mol. The summed E-state index contributed by atoms with van der Waals surface area (Å²) in [7, 11) is 0. The normalized spacial score (nSPS) is 16.6. The highest BCUT2D eigenvalue weighted by molar-refractivity contribution is 6.03. The van der Waals surface area contributed by atoms with Gasteiger partial charge in [-0.2, -0.15) is 36.5 Å². The number of likely N-dealkylation sites (tertiary alicyclic amines) is 1. The molecule has 1 aliphatic heterocycles. The molecule has 0 atom stereocenters. The monoisotopic (exact) mass is 579 g/mol.